The third-order valence-electron chi connectivity index (χ3n) is 5.99. The number of sulfonamides is 1. The minimum atomic E-state index is -3.83. The van der Waals surface area contributed by atoms with Gasteiger partial charge in [-0.15, -0.1) is 11.3 Å². The van der Waals surface area contributed by atoms with E-state index in [0.29, 0.717) is 35.6 Å². The molecule has 2 N–H and O–H groups in total. The van der Waals surface area contributed by atoms with Crippen LogP contribution in [0.15, 0.2) is 71.6 Å². The van der Waals surface area contributed by atoms with E-state index in [9.17, 15) is 22.7 Å². The van der Waals surface area contributed by atoms with Crippen LogP contribution >= 0.6 is 11.3 Å². The van der Waals surface area contributed by atoms with E-state index in [1.807, 2.05) is 24.3 Å². The van der Waals surface area contributed by atoms with Crippen LogP contribution in [-0.4, -0.2) is 41.8 Å². The first-order chi connectivity index (χ1) is 16.8. The molecule has 5 rings (SSSR count). The molecule has 1 atom stereocenters. The number of carbonyl (C=O) groups excluding carboxylic acids is 1. The number of piperidine rings is 1. The zero-order valence-corrected chi connectivity index (χ0v) is 20.2. The van der Waals surface area contributed by atoms with Crippen molar-refractivity contribution in [2.75, 3.05) is 18.4 Å². The van der Waals surface area contributed by atoms with Gasteiger partial charge >= 0.3 is 0 Å². The first-order valence-corrected chi connectivity index (χ1v) is 13.3. The van der Waals surface area contributed by atoms with Gasteiger partial charge in [-0.1, -0.05) is 12.1 Å². The van der Waals surface area contributed by atoms with Crippen molar-refractivity contribution < 1.29 is 22.7 Å². The van der Waals surface area contributed by atoms with Gasteiger partial charge in [0, 0.05) is 18.8 Å². The third kappa shape index (κ3) is 4.77. The van der Waals surface area contributed by atoms with Gasteiger partial charge in [0.1, 0.15) is 16.6 Å². The van der Waals surface area contributed by atoms with Gasteiger partial charge in [-0.05, 0) is 67.4 Å². The van der Waals surface area contributed by atoms with Crippen LogP contribution in [0.5, 0.6) is 5.75 Å². The van der Waals surface area contributed by atoms with Crippen LogP contribution in [0.2, 0.25) is 0 Å². The normalized spacial score (nSPS) is 16.9. The fourth-order valence-electron chi connectivity index (χ4n) is 4.15. The molecule has 1 amide bonds. The molecule has 3 aromatic carbocycles. The molecule has 0 saturated carbocycles. The molecular formula is C25H22FN3O4S2. The second kappa shape index (κ2) is 9.37. The summed E-state index contributed by atoms with van der Waals surface area (Å²) in [5.41, 5.74) is 1.82. The first-order valence-electron chi connectivity index (χ1n) is 11.1. The number of hydrogen-bond acceptors (Lipinski definition) is 6. The molecule has 4 aromatic rings. The van der Waals surface area contributed by atoms with Crippen LogP contribution in [-0.2, 0) is 14.8 Å². The Morgan fingerprint density at radius 3 is 2.66 bits per heavy atom. The Hall–Kier alpha value is -3.34. The van der Waals surface area contributed by atoms with E-state index in [1.165, 1.54) is 33.8 Å². The Kier molecular flexibility index (Phi) is 6.26. The highest BCUT2D eigenvalue weighted by molar-refractivity contribution is 7.89. The molecule has 1 aromatic heterocycles. The summed E-state index contributed by atoms with van der Waals surface area (Å²) in [7, 11) is -3.83. The summed E-state index contributed by atoms with van der Waals surface area (Å²) in [5.74, 6) is -1.31. The molecule has 2 heterocycles. The summed E-state index contributed by atoms with van der Waals surface area (Å²) in [6.45, 7) is 0.332. The predicted octanol–water partition coefficient (Wildman–Crippen LogP) is 4.85. The highest BCUT2D eigenvalue weighted by Crippen LogP contribution is 2.37. The van der Waals surface area contributed by atoms with Gasteiger partial charge in [-0.2, -0.15) is 4.31 Å². The van der Waals surface area contributed by atoms with E-state index in [1.54, 1.807) is 12.1 Å². The number of halogens is 1. The molecular weight excluding hydrogens is 489 g/mol. The van der Waals surface area contributed by atoms with E-state index in [-0.39, 0.29) is 23.1 Å². The summed E-state index contributed by atoms with van der Waals surface area (Å²) in [6.07, 6.45) is 1.08. The molecule has 0 aliphatic carbocycles. The number of amides is 1. The summed E-state index contributed by atoms with van der Waals surface area (Å²) in [6, 6.07) is 17.1. The van der Waals surface area contributed by atoms with Crippen molar-refractivity contribution in [2.45, 2.75) is 17.7 Å². The lowest BCUT2D eigenvalue weighted by Gasteiger charge is -2.31. The van der Waals surface area contributed by atoms with E-state index in [2.05, 4.69) is 10.3 Å². The van der Waals surface area contributed by atoms with Crippen LogP contribution in [0.1, 0.15) is 12.8 Å². The second-order valence-corrected chi connectivity index (χ2v) is 11.3. The summed E-state index contributed by atoms with van der Waals surface area (Å²) in [4.78, 5) is 17.6. The predicted molar refractivity (Wildman–Crippen MR) is 133 cm³/mol. The smallest absolute Gasteiger partial charge is 0.243 e. The number of fused-ring (bicyclic) bond motifs is 1. The quantitative estimate of drug-likeness (QED) is 0.373. The number of thiazole rings is 1. The molecule has 0 radical (unpaired) electrons. The number of benzene rings is 3. The molecule has 1 aliphatic heterocycles. The lowest BCUT2D eigenvalue weighted by Crippen LogP contribution is -2.43. The molecule has 7 nitrogen and oxygen atoms in total. The lowest BCUT2D eigenvalue weighted by molar-refractivity contribution is -0.120. The summed E-state index contributed by atoms with van der Waals surface area (Å²) < 4.78 is 41.4. The zero-order chi connectivity index (χ0) is 24.6. The van der Waals surface area contributed by atoms with Crippen molar-refractivity contribution >= 4 is 43.2 Å². The average Bonchev–Trinajstić information content (AvgIpc) is 3.29. The molecule has 1 saturated heterocycles. The van der Waals surface area contributed by atoms with E-state index < -0.39 is 21.8 Å². The van der Waals surface area contributed by atoms with Crippen LogP contribution in [0.25, 0.3) is 20.8 Å². The van der Waals surface area contributed by atoms with Crippen LogP contribution in [0.3, 0.4) is 0 Å². The SMILES string of the molecule is O=C(Nc1ccc(O)c(-c2nc3ccccc3s2)c1)C1CCCN(S(=O)(=O)c2ccc(F)cc2)C1. The Balaban J connectivity index is 1.33. The second-order valence-electron chi connectivity index (χ2n) is 8.36. The third-order valence-corrected chi connectivity index (χ3v) is 8.94. The Labute approximate surface area is 205 Å². The number of anilines is 1. The number of phenols is 1. The van der Waals surface area contributed by atoms with Gasteiger partial charge in [-0.25, -0.2) is 17.8 Å². The van der Waals surface area contributed by atoms with Gasteiger partial charge < -0.3 is 10.4 Å². The lowest BCUT2D eigenvalue weighted by atomic mass is 9.98. The highest BCUT2D eigenvalue weighted by Gasteiger charge is 2.33. The molecule has 35 heavy (non-hydrogen) atoms. The topological polar surface area (TPSA) is 99.6 Å². The van der Waals surface area contributed by atoms with E-state index >= 15 is 0 Å². The average molecular weight is 512 g/mol. The number of hydrogen-bond donors (Lipinski definition) is 2. The Morgan fingerprint density at radius 1 is 1.11 bits per heavy atom. The summed E-state index contributed by atoms with van der Waals surface area (Å²) >= 11 is 1.44. The highest BCUT2D eigenvalue weighted by atomic mass is 32.2. The molecule has 180 valence electrons. The zero-order valence-electron chi connectivity index (χ0n) is 18.5. The monoisotopic (exact) mass is 511 g/mol. The van der Waals surface area contributed by atoms with E-state index in [4.69, 9.17) is 0 Å². The number of rotatable bonds is 5. The van der Waals surface area contributed by atoms with Gasteiger partial charge in [0.25, 0.3) is 0 Å². The first kappa shape index (κ1) is 23.4. The number of nitrogens with one attached hydrogen (secondary N) is 1. The number of para-hydroxylation sites is 1. The number of carbonyl (C=O) groups is 1. The number of nitrogens with zero attached hydrogens (tertiary/aromatic N) is 2. The largest absolute Gasteiger partial charge is 0.507 e. The van der Waals surface area contributed by atoms with Crippen LogP contribution in [0.4, 0.5) is 10.1 Å². The van der Waals surface area contributed by atoms with Crippen molar-refractivity contribution in [3.8, 4) is 16.3 Å². The van der Waals surface area contributed by atoms with Gasteiger partial charge in [0.2, 0.25) is 15.9 Å². The van der Waals surface area contributed by atoms with Crippen molar-refractivity contribution in [1.82, 2.24) is 9.29 Å². The van der Waals surface area contributed by atoms with Crippen molar-refractivity contribution in [1.29, 1.82) is 0 Å². The number of phenolic OH excluding ortho intramolecular Hbond substituents is 1. The van der Waals surface area contributed by atoms with Gasteiger partial charge in [0.05, 0.1) is 26.6 Å². The maximum Gasteiger partial charge on any atom is 0.243 e. The van der Waals surface area contributed by atoms with Crippen LogP contribution in [0, 0.1) is 11.7 Å². The molecule has 10 heteroatoms. The standard InChI is InChI=1S/C25H22FN3O4S2/c26-17-7-10-19(11-8-17)35(32,33)29-13-3-4-16(15-29)24(31)27-18-9-12-22(30)20(14-18)25-28-21-5-1-2-6-23(21)34-25/h1-2,5-12,14,16,30H,3-4,13,15H2,(H,27,31). The maximum atomic E-state index is 13.2. The van der Waals surface area contributed by atoms with Crippen molar-refractivity contribution in [3.63, 3.8) is 0 Å². The maximum absolute atomic E-state index is 13.2. The number of aromatic hydroxyl groups is 1. The molecule has 0 spiro atoms. The van der Waals surface area contributed by atoms with Crippen LogP contribution < -0.4 is 5.32 Å². The summed E-state index contributed by atoms with van der Waals surface area (Å²) in [5, 5.41) is 13.9. The Morgan fingerprint density at radius 2 is 1.89 bits per heavy atom. The molecule has 0 bridgehead atoms. The van der Waals surface area contributed by atoms with Crippen molar-refractivity contribution in [3.05, 3.63) is 72.5 Å². The number of aromatic nitrogens is 1. The minimum absolute atomic E-state index is 0.000954. The minimum Gasteiger partial charge on any atom is -0.507 e. The Bertz CT molecular complexity index is 1470. The molecule has 1 aliphatic rings. The van der Waals surface area contributed by atoms with Crippen molar-refractivity contribution in [2.24, 2.45) is 5.92 Å². The fourth-order valence-corrected chi connectivity index (χ4v) is 6.66. The van der Waals surface area contributed by atoms with Gasteiger partial charge in [-0.3, -0.25) is 4.79 Å². The van der Waals surface area contributed by atoms with Gasteiger partial charge in [0.15, 0.2) is 0 Å². The van der Waals surface area contributed by atoms with E-state index in [0.717, 1.165) is 22.3 Å². The molecule has 1 unspecified atom stereocenters. The molecule has 1 fully saturated rings. The fraction of sp³-hybridized carbons (Fsp3) is 0.200.